The predicted molar refractivity (Wildman–Crippen MR) is 85.2 cm³/mol. The van der Waals surface area contributed by atoms with Gasteiger partial charge in [-0.05, 0) is 18.6 Å². The third-order valence-corrected chi connectivity index (χ3v) is 2.91. The van der Waals surface area contributed by atoms with Crippen molar-refractivity contribution >= 4 is 17.2 Å². The zero-order valence-electron chi connectivity index (χ0n) is 11.6. The van der Waals surface area contributed by atoms with E-state index in [1.54, 1.807) is 6.07 Å². The molecule has 0 atom stereocenters. The van der Waals surface area contributed by atoms with Crippen molar-refractivity contribution in [3.63, 3.8) is 0 Å². The van der Waals surface area contributed by atoms with E-state index in [0.717, 1.165) is 22.4 Å². The summed E-state index contributed by atoms with van der Waals surface area (Å²) in [7, 11) is 0. The largest absolute Gasteiger partial charge is 0.382 e. The molecule has 0 aliphatic rings. The molecule has 2 aromatic carbocycles. The second kappa shape index (κ2) is 6.35. The molecule has 0 bridgehead atoms. The predicted octanol–water partition coefficient (Wildman–Crippen LogP) is 2.89. The summed E-state index contributed by atoms with van der Waals surface area (Å²) >= 11 is 0. The minimum atomic E-state index is -0.363. The Bertz CT molecular complexity index is 740. The number of nitrogens with one attached hydrogen (secondary N) is 2. The molecule has 4 N–H and O–H groups in total. The molecule has 104 valence electrons. The molecule has 5 heteroatoms. The summed E-state index contributed by atoms with van der Waals surface area (Å²) in [4.78, 5) is 0. The molecule has 0 radical (unpaired) electrons. The summed E-state index contributed by atoms with van der Waals surface area (Å²) in [6.45, 7) is 2.03. The van der Waals surface area contributed by atoms with E-state index in [1.807, 2.05) is 49.4 Å². The van der Waals surface area contributed by atoms with Crippen molar-refractivity contribution in [1.29, 1.82) is 10.7 Å². The Kier molecular flexibility index (Phi) is 4.32. The van der Waals surface area contributed by atoms with Crippen LogP contribution in [-0.4, -0.2) is 11.5 Å². The van der Waals surface area contributed by atoms with Gasteiger partial charge >= 0.3 is 0 Å². The van der Waals surface area contributed by atoms with Gasteiger partial charge in [0.25, 0.3) is 0 Å². The number of rotatable bonds is 4. The minimum Gasteiger partial charge on any atom is -0.382 e. The van der Waals surface area contributed by atoms with Gasteiger partial charge in [-0.25, -0.2) is 0 Å². The van der Waals surface area contributed by atoms with Crippen molar-refractivity contribution < 1.29 is 0 Å². The summed E-state index contributed by atoms with van der Waals surface area (Å²) in [5.41, 5.74) is 11.9. The van der Waals surface area contributed by atoms with E-state index in [9.17, 15) is 0 Å². The third kappa shape index (κ3) is 3.45. The van der Waals surface area contributed by atoms with Gasteiger partial charge in [0.1, 0.15) is 6.07 Å². The summed E-state index contributed by atoms with van der Waals surface area (Å²) in [6.07, 6.45) is 0. The maximum absolute atomic E-state index is 8.86. The molecule has 2 aromatic rings. The van der Waals surface area contributed by atoms with Crippen LogP contribution in [0.25, 0.3) is 11.1 Å². The van der Waals surface area contributed by atoms with Gasteiger partial charge in [0.05, 0.1) is 5.69 Å². The van der Waals surface area contributed by atoms with Crippen molar-refractivity contribution in [2.24, 2.45) is 10.8 Å². The quantitative estimate of drug-likeness (QED) is 0.455. The van der Waals surface area contributed by atoms with Crippen LogP contribution in [0.4, 0.5) is 5.69 Å². The van der Waals surface area contributed by atoms with Crippen molar-refractivity contribution in [3.05, 3.63) is 54.1 Å². The van der Waals surface area contributed by atoms with E-state index in [1.165, 1.54) is 0 Å². The number of aryl methyl sites for hydroxylation is 1. The van der Waals surface area contributed by atoms with Gasteiger partial charge < -0.3 is 5.73 Å². The van der Waals surface area contributed by atoms with Gasteiger partial charge in [-0.3, -0.25) is 10.8 Å². The number of para-hydroxylation sites is 1. The fraction of sp³-hybridized carbons (Fsp3) is 0.0625. The lowest BCUT2D eigenvalue weighted by molar-refractivity contribution is 1.33. The number of amidine groups is 1. The number of hydrogen-bond donors (Lipinski definition) is 3. The Balaban J connectivity index is 2.39. The molecule has 0 aliphatic heterocycles. The topological polar surface area (TPSA) is 98.0 Å². The first-order chi connectivity index (χ1) is 10.1. The highest BCUT2D eigenvalue weighted by Gasteiger charge is 2.06. The highest BCUT2D eigenvalue weighted by Crippen LogP contribution is 2.28. The fourth-order valence-electron chi connectivity index (χ4n) is 1.91. The van der Waals surface area contributed by atoms with Crippen molar-refractivity contribution in [1.82, 2.24) is 0 Å². The van der Waals surface area contributed by atoms with Crippen LogP contribution in [0, 0.1) is 23.7 Å². The van der Waals surface area contributed by atoms with Crippen LogP contribution in [-0.2, 0) is 0 Å². The molecule has 0 aliphatic carbocycles. The normalized spacial score (nSPS) is 10.8. The first-order valence-electron chi connectivity index (χ1n) is 6.36. The van der Waals surface area contributed by atoms with Gasteiger partial charge in [-0.1, -0.05) is 48.0 Å². The Labute approximate surface area is 123 Å². The second-order valence-corrected chi connectivity index (χ2v) is 4.51. The fourth-order valence-corrected chi connectivity index (χ4v) is 1.91. The molecule has 0 fully saturated rings. The number of hydrogen-bond acceptors (Lipinski definition) is 4. The number of benzene rings is 2. The number of anilines is 1. The number of nitrogens with two attached hydrogens (primary N) is 1. The smallest absolute Gasteiger partial charge is 0.201 e. The van der Waals surface area contributed by atoms with Crippen LogP contribution in [0.3, 0.4) is 0 Å². The molecule has 0 amide bonds. The van der Waals surface area contributed by atoms with Crippen molar-refractivity contribution in [3.8, 4) is 17.2 Å². The first-order valence-corrected chi connectivity index (χ1v) is 6.36. The van der Waals surface area contributed by atoms with E-state index in [0.29, 0.717) is 0 Å². The van der Waals surface area contributed by atoms with Crippen LogP contribution in [0.2, 0.25) is 0 Å². The summed E-state index contributed by atoms with van der Waals surface area (Å²) < 4.78 is 0. The van der Waals surface area contributed by atoms with Crippen LogP contribution in [0.1, 0.15) is 5.56 Å². The summed E-state index contributed by atoms with van der Waals surface area (Å²) in [6, 6.07) is 17.5. The van der Waals surface area contributed by atoms with E-state index in [4.69, 9.17) is 16.4 Å². The lowest BCUT2D eigenvalue weighted by Gasteiger charge is -2.09. The van der Waals surface area contributed by atoms with Crippen LogP contribution in [0.15, 0.2) is 53.6 Å². The van der Waals surface area contributed by atoms with Gasteiger partial charge in [-0.15, -0.1) is 0 Å². The average Bonchev–Trinajstić information content (AvgIpc) is 2.48. The first kappa shape index (κ1) is 14.3. The van der Waals surface area contributed by atoms with E-state index in [2.05, 4.69) is 16.6 Å². The van der Waals surface area contributed by atoms with Crippen molar-refractivity contribution in [2.45, 2.75) is 6.92 Å². The number of nitriles is 1. The van der Waals surface area contributed by atoms with Gasteiger partial charge in [0.15, 0.2) is 5.84 Å². The molecular formula is C16H15N5. The molecule has 2 rings (SSSR count). The van der Waals surface area contributed by atoms with Gasteiger partial charge in [0.2, 0.25) is 5.71 Å². The van der Waals surface area contributed by atoms with Gasteiger partial charge in [0, 0.05) is 5.56 Å². The van der Waals surface area contributed by atoms with Crippen LogP contribution in [0.5, 0.6) is 0 Å². The number of nitrogens with zero attached hydrogens (tertiary/aromatic N) is 2. The highest BCUT2D eigenvalue weighted by molar-refractivity contribution is 6.45. The minimum absolute atomic E-state index is 0.144. The SMILES string of the molecule is Cc1cccc(-c2ccccc2N/N=C(\C#N)C(=N)N)c1. The molecule has 0 spiro atoms. The molecule has 21 heavy (non-hydrogen) atoms. The molecule has 0 unspecified atom stereocenters. The van der Waals surface area contributed by atoms with E-state index < -0.39 is 0 Å². The van der Waals surface area contributed by atoms with Crippen LogP contribution < -0.4 is 11.2 Å². The zero-order valence-corrected chi connectivity index (χ0v) is 11.6. The monoisotopic (exact) mass is 277 g/mol. The van der Waals surface area contributed by atoms with E-state index in [-0.39, 0.29) is 11.5 Å². The Morgan fingerprint density at radius 1 is 1.24 bits per heavy atom. The lowest BCUT2D eigenvalue weighted by Crippen LogP contribution is -2.21. The maximum atomic E-state index is 8.86. The summed E-state index contributed by atoms with van der Waals surface area (Å²) in [5.74, 6) is -0.363. The zero-order chi connectivity index (χ0) is 15.2. The Hall–Kier alpha value is -3.13. The highest BCUT2D eigenvalue weighted by atomic mass is 15.3. The molecule has 5 nitrogen and oxygen atoms in total. The van der Waals surface area contributed by atoms with Crippen molar-refractivity contribution in [2.75, 3.05) is 5.43 Å². The average molecular weight is 277 g/mol. The standard InChI is InChI=1S/C16H15N5/c1-11-5-4-6-12(9-11)13-7-2-3-8-14(13)20-21-15(10-17)16(18)19/h2-9,20H,1H3,(H3,18,19)/b21-15+. The molecule has 0 saturated carbocycles. The Morgan fingerprint density at radius 2 is 2.00 bits per heavy atom. The van der Waals surface area contributed by atoms with E-state index >= 15 is 0 Å². The summed E-state index contributed by atoms with van der Waals surface area (Å²) in [5, 5.41) is 20.0. The van der Waals surface area contributed by atoms with Gasteiger partial charge in [-0.2, -0.15) is 10.4 Å². The third-order valence-electron chi connectivity index (χ3n) is 2.91. The Morgan fingerprint density at radius 3 is 2.67 bits per heavy atom. The molecular weight excluding hydrogens is 262 g/mol. The molecule has 0 saturated heterocycles. The lowest BCUT2D eigenvalue weighted by atomic mass is 10.0. The number of hydrazone groups is 1. The molecule has 0 heterocycles. The second-order valence-electron chi connectivity index (χ2n) is 4.51. The van der Waals surface area contributed by atoms with Crippen LogP contribution >= 0.6 is 0 Å². The maximum Gasteiger partial charge on any atom is 0.201 e. The molecule has 0 aromatic heterocycles.